The summed E-state index contributed by atoms with van der Waals surface area (Å²) in [6.45, 7) is 0.489. The summed E-state index contributed by atoms with van der Waals surface area (Å²) in [4.78, 5) is 13.5. The van der Waals surface area contributed by atoms with Crippen LogP contribution in [0.1, 0.15) is 16.1 Å². The number of aromatic amines is 1. The summed E-state index contributed by atoms with van der Waals surface area (Å²) in [6, 6.07) is 7.59. The molecule has 0 aliphatic heterocycles. The van der Waals surface area contributed by atoms with Crippen molar-refractivity contribution in [1.29, 1.82) is 0 Å². The smallest absolute Gasteiger partial charge is 0.276 e. The molecule has 0 unspecified atom stereocenters. The van der Waals surface area contributed by atoms with E-state index in [-0.39, 0.29) is 5.91 Å². The molecule has 1 aromatic heterocycles. The van der Waals surface area contributed by atoms with Gasteiger partial charge in [0.2, 0.25) is 0 Å². The van der Waals surface area contributed by atoms with E-state index >= 15 is 0 Å². The Morgan fingerprint density at radius 1 is 1.50 bits per heavy atom. The molecule has 1 amide bonds. The molecule has 18 heavy (non-hydrogen) atoms. The minimum absolute atomic E-state index is 0.174. The average Bonchev–Trinajstić information content (AvgIpc) is 2.92. The quantitative estimate of drug-likeness (QED) is 0.876. The standard InChI is InChI=1S/C12H14N4O2/c1-16(12(17)11-7-13-15-14-11)8-9-4-3-5-10(6-9)18-2/h3-7H,8H2,1-2H3,(H,13,14,15). The van der Waals surface area contributed by atoms with Crippen LogP contribution in [0.15, 0.2) is 30.5 Å². The van der Waals surface area contributed by atoms with Gasteiger partial charge in [-0.2, -0.15) is 15.4 Å². The van der Waals surface area contributed by atoms with E-state index in [0.717, 1.165) is 11.3 Å². The van der Waals surface area contributed by atoms with Gasteiger partial charge in [0, 0.05) is 13.6 Å². The van der Waals surface area contributed by atoms with E-state index in [0.29, 0.717) is 12.2 Å². The molecule has 94 valence electrons. The fourth-order valence-electron chi connectivity index (χ4n) is 1.62. The highest BCUT2D eigenvalue weighted by Crippen LogP contribution is 2.14. The summed E-state index contributed by atoms with van der Waals surface area (Å²) in [5.74, 6) is 0.598. The molecule has 0 spiro atoms. The molecule has 0 radical (unpaired) electrons. The lowest BCUT2D eigenvalue weighted by Crippen LogP contribution is -2.26. The molecule has 0 aliphatic carbocycles. The van der Waals surface area contributed by atoms with E-state index in [1.54, 1.807) is 19.1 Å². The first-order chi connectivity index (χ1) is 8.70. The third-order valence-electron chi connectivity index (χ3n) is 2.53. The second kappa shape index (κ2) is 5.31. The molecule has 6 heteroatoms. The summed E-state index contributed by atoms with van der Waals surface area (Å²) in [5, 5.41) is 9.80. The summed E-state index contributed by atoms with van der Waals surface area (Å²) >= 11 is 0. The molecule has 0 fully saturated rings. The van der Waals surface area contributed by atoms with E-state index in [2.05, 4.69) is 15.4 Å². The highest BCUT2D eigenvalue weighted by atomic mass is 16.5. The SMILES string of the molecule is COc1cccc(CN(C)C(=O)c2cn[nH]n2)c1. The number of hydrogen-bond acceptors (Lipinski definition) is 4. The number of ether oxygens (including phenoxy) is 1. The normalized spacial score (nSPS) is 10.1. The van der Waals surface area contributed by atoms with E-state index in [9.17, 15) is 4.79 Å². The lowest BCUT2D eigenvalue weighted by molar-refractivity contribution is 0.0779. The maximum absolute atomic E-state index is 11.9. The number of rotatable bonds is 4. The molecule has 2 aromatic rings. The van der Waals surface area contributed by atoms with E-state index < -0.39 is 0 Å². The Balaban J connectivity index is 2.06. The van der Waals surface area contributed by atoms with Gasteiger partial charge < -0.3 is 9.64 Å². The predicted molar refractivity (Wildman–Crippen MR) is 65.2 cm³/mol. The van der Waals surface area contributed by atoms with E-state index in [4.69, 9.17) is 4.74 Å². The zero-order valence-electron chi connectivity index (χ0n) is 10.3. The molecule has 1 N–H and O–H groups in total. The molecular formula is C12H14N4O2. The van der Waals surface area contributed by atoms with Crippen LogP contribution in [0.2, 0.25) is 0 Å². The number of H-pyrrole nitrogens is 1. The monoisotopic (exact) mass is 246 g/mol. The van der Waals surface area contributed by atoms with Crippen molar-refractivity contribution in [3.8, 4) is 5.75 Å². The van der Waals surface area contributed by atoms with Crippen molar-refractivity contribution in [1.82, 2.24) is 20.3 Å². The number of benzene rings is 1. The molecule has 0 atom stereocenters. The van der Waals surface area contributed by atoms with Gasteiger partial charge in [0.15, 0.2) is 5.69 Å². The van der Waals surface area contributed by atoms with Crippen LogP contribution < -0.4 is 4.74 Å². The largest absolute Gasteiger partial charge is 0.497 e. The first-order valence-corrected chi connectivity index (χ1v) is 5.45. The van der Waals surface area contributed by atoms with Crippen molar-refractivity contribution in [2.75, 3.05) is 14.2 Å². The zero-order chi connectivity index (χ0) is 13.0. The number of methoxy groups -OCH3 is 1. The summed E-state index contributed by atoms with van der Waals surface area (Å²) in [5.41, 5.74) is 1.30. The van der Waals surface area contributed by atoms with Crippen molar-refractivity contribution >= 4 is 5.91 Å². The second-order valence-corrected chi connectivity index (χ2v) is 3.87. The van der Waals surface area contributed by atoms with Gasteiger partial charge in [0.1, 0.15) is 5.75 Å². The Kier molecular flexibility index (Phi) is 3.57. The average molecular weight is 246 g/mol. The maximum Gasteiger partial charge on any atom is 0.276 e. The molecule has 1 aromatic carbocycles. The summed E-state index contributed by atoms with van der Waals surface area (Å²) < 4.78 is 5.14. The van der Waals surface area contributed by atoms with Gasteiger partial charge in [-0.05, 0) is 17.7 Å². The van der Waals surface area contributed by atoms with Crippen molar-refractivity contribution in [2.24, 2.45) is 0 Å². The van der Waals surface area contributed by atoms with Gasteiger partial charge >= 0.3 is 0 Å². The van der Waals surface area contributed by atoms with Crippen LogP contribution in [0.3, 0.4) is 0 Å². The Morgan fingerprint density at radius 2 is 2.33 bits per heavy atom. The zero-order valence-corrected chi connectivity index (χ0v) is 10.3. The third kappa shape index (κ3) is 2.65. The van der Waals surface area contributed by atoms with Crippen molar-refractivity contribution < 1.29 is 9.53 Å². The van der Waals surface area contributed by atoms with Gasteiger partial charge in [-0.25, -0.2) is 0 Å². The van der Waals surface area contributed by atoms with Gasteiger partial charge in [-0.3, -0.25) is 4.79 Å². The van der Waals surface area contributed by atoms with Crippen LogP contribution in [-0.2, 0) is 6.54 Å². The topological polar surface area (TPSA) is 71.1 Å². The van der Waals surface area contributed by atoms with Gasteiger partial charge in [0.25, 0.3) is 5.91 Å². The van der Waals surface area contributed by atoms with E-state index in [1.807, 2.05) is 24.3 Å². The van der Waals surface area contributed by atoms with Gasteiger partial charge in [-0.1, -0.05) is 12.1 Å². The molecule has 2 rings (SSSR count). The molecule has 0 bridgehead atoms. The molecule has 1 heterocycles. The highest BCUT2D eigenvalue weighted by Gasteiger charge is 2.14. The Morgan fingerprint density at radius 3 is 3.00 bits per heavy atom. The minimum Gasteiger partial charge on any atom is -0.497 e. The number of carbonyl (C=O) groups excluding carboxylic acids is 1. The molecule has 0 saturated carbocycles. The van der Waals surface area contributed by atoms with Crippen LogP contribution in [0, 0.1) is 0 Å². The lowest BCUT2D eigenvalue weighted by Gasteiger charge is -2.16. The van der Waals surface area contributed by atoms with Crippen LogP contribution in [-0.4, -0.2) is 40.4 Å². The predicted octanol–water partition coefficient (Wildman–Crippen LogP) is 1.09. The highest BCUT2D eigenvalue weighted by molar-refractivity contribution is 5.91. The second-order valence-electron chi connectivity index (χ2n) is 3.87. The minimum atomic E-state index is -0.174. The fourth-order valence-corrected chi connectivity index (χ4v) is 1.62. The van der Waals surface area contributed by atoms with Crippen LogP contribution in [0.25, 0.3) is 0 Å². The number of nitrogens with one attached hydrogen (secondary N) is 1. The first kappa shape index (κ1) is 12.1. The summed E-state index contributed by atoms with van der Waals surface area (Å²) in [6.07, 6.45) is 1.41. The Bertz CT molecular complexity index is 525. The van der Waals surface area contributed by atoms with E-state index in [1.165, 1.54) is 6.20 Å². The first-order valence-electron chi connectivity index (χ1n) is 5.45. The number of nitrogens with zero attached hydrogens (tertiary/aromatic N) is 3. The van der Waals surface area contributed by atoms with Gasteiger partial charge in [-0.15, -0.1) is 0 Å². The molecule has 6 nitrogen and oxygen atoms in total. The molecule has 0 saturated heterocycles. The van der Waals surface area contributed by atoms with Crippen LogP contribution >= 0.6 is 0 Å². The van der Waals surface area contributed by atoms with Crippen molar-refractivity contribution in [3.63, 3.8) is 0 Å². The van der Waals surface area contributed by atoms with Crippen LogP contribution in [0.5, 0.6) is 5.75 Å². The fraction of sp³-hybridized carbons (Fsp3) is 0.250. The van der Waals surface area contributed by atoms with Crippen molar-refractivity contribution in [2.45, 2.75) is 6.54 Å². The molecular weight excluding hydrogens is 232 g/mol. The molecule has 0 aliphatic rings. The summed E-state index contributed by atoms with van der Waals surface area (Å²) in [7, 11) is 3.33. The third-order valence-corrected chi connectivity index (χ3v) is 2.53. The number of amides is 1. The Hall–Kier alpha value is -2.37. The van der Waals surface area contributed by atoms with Crippen LogP contribution in [0.4, 0.5) is 0 Å². The van der Waals surface area contributed by atoms with Crippen molar-refractivity contribution in [3.05, 3.63) is 41.7 Å². The number of hydrogen-bond donors (Lipinski definition) is 1. The number of carbonyl (C=O) groups is 1. The Labute approximate surface area is 105 Å². The number of aromatic nitrogens is 3. The maximum atomic E-state index is 11.9. The lowest BCUT2D eigenvalue weighted by atomic mass is 10.2. The van der Waals surface area contributed by atoms with Gasteiger partial charge in [0.05, 0.1) is 13.3 Å².